The first-order valence-electron chi connectivity index (χ1n) is 3.50. The van der Waals surface area contributed by atoms with Gasteiger partial charge in [0.15, 0.2) is 5.12 Å². The summed E-state index contributed by atoms with van der Waals surface area (Å²) in [6.45, 7) is 0. The molecule has 11 heavy (non-hydrogen) atoms. The molecule has 1 saturated carbocycles. The van der Waals surface area contributed by atoms with E-state index in [0.717, 1.165) is 12.8 Å². The van der Waals surface area contributed by atoms with Gasteiger partial charge in [0.1, 0.15) is 0 Å². The van der Waals surface area contributed by atoms with E-state index in [2.05, 4.69) is 17.0 Å². The van der Waals surface area contributed by atoms with E-state index in [0.29, 0.717) is 5.92 Å². The van der Waals surface area contributed by atoms with Crippen molar-refractivity contribution in [2.24, 2.45) is 5.92 Å². The first-order chi connectivity index (χ1) is 5.30. The van der Waals surface area contributed by atoms with E-state index in [-0.39, 0.29) is 5.12 Å². The first kappa shape index (κ1) is 8.40. The Hall–Kier alpha value is -0.700. The Bertz CT molecular complexity index is 185. The minimum Gasteiger partial charge on any atom is -0.473 e. The van der Waals surface area contributed by atoms with Gasteiger partial charge in [0.2, 0.25) is 0 Å². The second-order valence-corrected chi connectivity index (χ2v) is 2.85. The molecular weight excluding hydrogens is 160 g/mol. The summed E-state index contributed by atoms with van der Waals surface area (Å²) in [7, 11) is 0. The van der Waals surface area contributed by atoms with Crippen molar-refractivity contribution in [3.8, 4) is 0 Å². The van der Waals surface area contributed by atoms with Crippen molar-refractivity contribution in [2.45, 2.75) is 12.8 Å². The largest absolute Gasteiger partial charge is 0.473 e. The molecule has 2 nitrogen and oxygen atoms in total. The van der Waals surface area contributed by atoms with Gasteiger partial charge in [-0.1, -0.05) is 0 Å². The molecule has 0 atom stereocenters. The Balaban J connectivity index is 0.000000112. The third-order valence-electron chi connectivity index (χ3n) is 1.35. The molecule has 1 aromatic rings. The lowest BCUT2D eigenvalue weighted by Gasteiger charge is -1.74. The van der Waals surface area contributed by atoms with E-state index < -0.39 is 0 Å². The molecule has 0 aromatic carbocycles. The van der Waals surface area contributed by atoms with Crippen molar-refractivity contribution in [1.29, 1.82) is 0 Å². The molecule has 0 bridgehead atoms. The van der Waals surface area contributed by atoms with E-state index in [4.69, 9.17) is 0 Å². The minimum absolute atomic E-state index is 0.0648. The quantitative estimate of drug-likeness (QED) is 0.654. The molecule has 0 radical (unpaired) electrons. The highest BCUT2D eigenvalue weighted by atomic mass is 32.1. The Kier molecular flexibility index (Phi) is 3.23. The maximum absolute atomic E-state index is 10.1. The molecule has 1 aromatic heterocycles. The third-order valence-corrected chi connectivity index (χ3v) is 1.72. The highest BCUT2D eigenvalue weighted by Gasteiger charge is 2.26. The van der Waals surface area contributed by atoms with E-state index >= 15 is 0 Å². The highest BCUT2D eigenvalue weighted by molar-refractivity contribution is 7.96. The smallest absolute Gasteiger partial charge is 0.188 e. The molecule has 1 fully saturated rings. The topological polar surface area (TPSA) is 30.2 Å². The second kappa shape index (κ2) is 4.23. The average molecular weight is 170 g/mol. The van der Waals surface area contributed by atoms with Gasteiger partial charge in [-0.05, 0) is 25.0 Å². The van der Waals surface area contributed by atoms with Crippen molar-refractivity contribution in [3.05, 3.63) is 24.7 Å². The van der Waals surface area contributed by atoms with Crippen molar-refractivity contribution >= 4 is 17.7 Å². The van der Waals surface area contributed by atoms with Crippen LogP contribution in [0, 0.1) is 5.92 Å². The molecule has 0 saturated heterocycles. The molecule has 3 heteroatoms. The van der Waals surface area contributed by atoms with Gasteiger partial charge in [0.25, 0.3) is 0 Å². The van der Waals surface area contributed by atoms with Crippen molar-refractivity contribution < 1.29 is 9.21 Å². The lowest BCUT2D eigenvalue weighted by Crippen LogP contribution is -1.84. The van der Waals surface area contributed by atoms with Gasteiger partial charge in [-0.15, -0.1) is 12.6 Å². The SMILES string of the molecule is O=C(S)C1CC1.c1ccoc1. The van der Waals surface area contributed by atoms with Crippen LogP contribution in [0.2, 0.25) is 0 Å². The van der Waals surface area contributed by atoms with Crippen LogP contribution >= 0.6 is 12.6 Å². The molecular formula is C8H10O2S. The van der Waals surface area contributed by atoms with Gasteiger partial charge in [0.05, 0.1) is 12.5 Å². The zero-order chi connectivity index (χ0) is 8.10. The normalized spacial score (nSPS) is 15.0. The van der Waals surface area contributed by atoms with E-state index in [1.165, 1.54) is 0 Å². The first-order valence-corrected chi connectivity index (χ1v) is 3.95. The van der Waals surface area contributed by atoms with Gasteiger partial charge >= 0.3 is 0 Å². The van der Waals surface area contributed by atoms with Crippen LogP contribution in [0.1, 0.15) is 12.8 Å². The van der Waals surface area contributed by atoms with E-state index in [1.54, 1.807) is 12.5 Å². The summed E-state index contributed by atoms with van der Waals surface area (Å²) in [4.78, 5) is 10.1. The monoisotopic (exact) mass is 170 g/mol. The molecule has 2 rings (SSSR count). The molecule has 1 aliphatic rings. The van der Waals surface area contributed by atoms with Crippen LogP contribution in [-0.4, -0.2) is 5.12 Å². The summed E-state index contributed by atoms with van der Waals surface area (Å²) in [5.41, 5.74) is 0. The summed E-state index contributed by atoms with van der Waals surface area (Å²) < 4.78 is 4.58. The maximum atomic E-state index is 10.1. The summed E-state index contributed by atoms with van der Waals surface area (Å²) in [6, 6.07) is 3.67. The van der Waals surface area contributed by atoms with Gasteiger partial charge in [-0.2, -0.15) is 0 Å². The van der Waals surface area contributed by atoms with Crippen LogP contribution in [0.15, 0.2) is 29.1 Å². The Morgan fingerprint density at radius 3 is 2.00 bits per heavy atom. The van der Waals surface area contributed by atoms with Crippen molar-refractivity contribution in [2.75, 3.05) is 0 Å². The standard InChI is InChI=1S/C4H6OS.C4H4O/c5-4(6)3-1-2-3;1-2-4-5-3-1/h3H,1-2H2,(H,5,6);1-4H. The summed E-state index contributed by atoms with van der Waals surface area (Å²) in [6.07, 6.45) is 5.39. The molecule has 0 unspecified atom stereocenters. The fourth-order valence-electron chi connectivity index (χ4n) is 0.557. The molecule has 0 aliphatic heterocycles. The molecule has 0 N–H and O–H groups in total. The molecule has 60 valence electrons. The maximum Gasteiger partial charge on any atom is 0.188 e. The zero-order valence-electron chi connectivity index (χ0n) is 6.06. The van der Waals surface area contributed by atoms with Crippen molar-refractivity contribution in [1.82, 2.24) is 0 Å². The van der Waals surface area contributed by atoms with Crippen LogP contribution in [0.4, 0.5) is 0 Å². The van der Waals surface area contributed by atoms with Gasteiger partial charge < -0.3 is 4.42 Å². The predicted octanol–water partition coefficient (Wildman–Crippen LogP) is 2.13. The zero-order valence-corrected chi connectivity index (χ0v) is 6.96. The number of thiol groups is 1. The highest BCUT2D eigenvalue weighted by Crippen LogP contribution is 2.30. The summed E-state index contributed by atoms with van der Waals surface area (Å²) in [5, 5.41) is 0.0648. The van der Waals surface area contributed by atoms with E-state index in [9.17, 15) is 4.79 Å². The summed E-state index contributed by atoms with van der Waals surface area (Å²) in [5.74, 6) is 0.327. The lowest BCUT2D eigenvalue weighted by molar-refractivity contribution is -0.111. The van der Waals surface area contributed by atoms with Crippen LogP contribution in [0.5, 0.6) is 0 Å². The molecule has 0 amide bonds. The number of carbonyl (C=O) groups excluding carboxylic acids is 1. The summed E-state index contributed by atoms with van der Waals surface area (Å²) >= 11 is 3.62. The molecule has 1 aliphatic carbocycles. The number of carbonyl (C=O) groups is 1. The Labute approximate surface area is 71.0 Å². The van der Waals surface area contributed by atoms with Crippen LogP contribution < -0.4 is 0 Å². The van der Waals surface area contributed by atoms with Crippen LogP contribution in [-0.2, 0) is 4.79 Å². The number of hydrogen-bond acceptors (Lipinski definition) is 2. The van der Waals surface area contributed by atoms with Crippen molar-refractivity contribution in [3.63, 3.8) is 0 Å². The number of furan rings is 1. The Morgan fingerprint density at radius 1 is 1.36 bits per heavy atom. The lowest BCUT2D eigenvalue weighted by atomic mass is 10.5. The third kappa shape index (κ3) is 3.88. The van der Waals surface area contributed by atoms with Gasteiger partial charge in [0, 0.05) is 5.92 Å². The molecule has 0 spiro atoms. The van der Waals surface area contributed by atoms with Crippen LogP contribution in [0.3, 0.4) is 0 Å². The predicted molar refractivity (Wildman–Crippen MR) is 45.4 cm³/mol. The number of rotatable bonds is 1. The fraction of sp³-hybridized carbons (Fsp3) is 0.375. The fourth-order valence-corrected chi connectivity index (χ4v) is 0.815. The average Bonchev–Trinajstić information content (AvgIpc) is 2.66. The Morgan fingerprint density at radius 2 is 1.91 bits per heavy atom. The molecule has 1 heterocycles. The van der Waals surface area contributed by atoms with Crippen LogP contribution in [0.25, 0.3) is 0 Å². The van der Waals surface area contributed by atoms with Gasteiger partial charge in [-0.25, -0.2) is 0 Å². The minimum atomic E-state index is 0.0648. The van der Waals surface area contributed by atoms with E-state index in [1.807, 2.05) is 12.1 Å². The second-order valence-electron chi connectivity index (χ2n) is 2.41. The number of hydrogen-bond donors (Lipinski definition) is 1. The van der Waals surface area contributed by atoms with Gasteiger partial charge in [-0.3, -0.25) is 4.79 Å².